The molecule has 18 heavy (non-hydrogen) atoms. The predicted octanol–water partition coefficient (Wildman–Crippen LogP) is 3.66. The maximum absolute atomic E-state index is 11.4. The van der Waals surface area contributed by atoms with Crippen LogP contribution in [-0.4, -0.2) is 5.91 Å². The highest BCUT2D eigenvalue weighted by Crippen LogP contribution is 2.64. The molecule has 2 fully saturated rings. The number of carbonyl (C=O) groups excluding carboxylic acids is 1. The number of halogens is 1. The molecule has 3 heteroatoms. The zero-order valence-corrected chi connectivity index (χ0v) is 11.7. The van der Waals surface area contributed by atoms with Crippen molar-refractivity contribution >= 4 is 27.5 Å². The molecule has 2 saturated carbocycles. The summed E-state index contributed by atoms with van der Waals surface area (Å²) in [6.07, 6.45) is 4.80. The predicted molar refractivity (Wildman–Crippen MR) is 74.8 cm³/mol. The normalized spacial score (nSPS) is 33.8. The quantitative estimate of drug-likeness (QED) is 0.830. The molecule has 0 saturated heterocycles. The summed E-state index contributed by atoms with van der Waals surface area (Å²) < 4.78 is 0. The SMILES string of the molecule is O=C1Cc2cc(C(Br)C3C4CCCC43)ccc2N1. The van der Waals surface area contributed by atoms with Gasteiger partial charge in [0.2, 0.25) is 5.91 Å². The van der Waals surface area contributed by atoms with Gasteiger partial charge >= 0.3 is 0 Å². The van der Waals surface area contributed by atoms with Gasteiger partial charge in [-0.05, 0) is 47.8 Å². The van der Waals surface area contributed by atoms with Crippen molar-refractivity contribution in [3.8, 4) is 0 Å². The summed E-state index contributed by atoms with van der Waals surface area (Å²) in [6.45, 7) is 0. The fourth-order valence-corrected chi connectivity index (χ4v) is 5.02. The van der Waals surface area contributed by atoms with Crippen molar-refractivity contribution in [1.82, 2.24) is 0 Å². The third kappa shape index (κ3) is 1.56. The lowest BCUT2D eigenvalue weighted by molar-refractivity contribution is -0.115. The van der Waals surface area contributed by atoms with Crippen LogP contribution in [0.25, 0.3) is 0 Å². The average molecular weight is 306 g/mol. The standard InChI is InChI=1S/C15H16BrNO/c16-15(14-10-2-1-3-11(10)14)8-4-5-12-9(6-8)7-13(18)17-12/h4-6,10-11,14-15H,1-3,7H2,(H,17,18). The Bertz CT molecular complexity index is 517. The van der Waals surface area contributed by atoms with E-state index in [0.717, 1.165) is 29.0 Å². The summed E-state index contributed by atoms with van der Waals surface area (Å²) >= 11 is 3.89. The van der Waals surface area contributed by atoms with E-state index in [9.17, 15) is 4.79 Å². The highest BCUT2D eigenvalue weighted by Gasteiger charge is 2.55. The molecular weight excluding hydrogens is 290 g/mol. The molecule has 1 aliphatic heterocycles. The van der Waals surface area contributed by atoms with E-state index >= 15 is 0 Å². The lowest BCUT2D eigenvalue weighted by Gasteiger charge is -2.13. The van der Waals surface area contributed by atoms with Gasteiger partial charge in [0.1, 0.15) is 0 Å². The Hall–Kier alpha value is -0.830. The number of hydrogen-bond acceptors (Lipinski definition) is 1. The molecule has 2 aliphatic carbocycles. The highest BCUT2D eigenvalue weighted by molar-refractivity contribution is 9.09. The van der Waals surface area contributed by atoms with E-state index in [4.69, 9.17) is 0 Å². The van der Waals surface area contributed by atoms with Crippen molar-refractivity contribution < 1.29 is 4.79 Å². The summed E-state index contributed by atoms with van der Waals surface area (Å²) in [4.78, 5) is 11.8. The minimum Gasteiger partial charge on any atom is -0.326 e. The van der Waals surface area contributed by atoms with Gasteiger partial charge < -0.3 is 5.32 Å². The molecule has 1 amide bonds. The Morgan fingerprint density at radius 2 is 2.06 bits per heavy atom. The Labute approximate surface area is 115 Å². The second-order valence-electron chi connectivity index (χ2n) is 5.88. The lowest BCUT2D eigenvalue weighted by Crippen LogP contribution is -2.03. The first-order valence-electron chi connectivity index (χ1n) is 6.81. The van der Waals surface area contributed by atoms with E-state index in [0.29, 0.717) is 11.2 Å². The summed E-state index contributed by atoms with van der Waals surface area (Å²) in [5.41, 5.74) is 3.51. The third-order valence-corrected chi connectivity index (χ3v) is 6.02. The highest BCUT2D eigenvalue weighted by atomic mass is 79.9. The molecular formula is C15H16BrNO. The van der Waals surface area contributed by atoms with Crippen molar-refractivity contribution in [2.24, 2.45) is 17.8 Å². The maximum Gasteiger partial charge on any atom is 0.228 e. The average Bonchev–Trinajstić information content (AvgIpc) is 2.74. The fraction of sp³-hybridized carbons (Fsp3) is 0.533. The fourth-order valence-electron chi connectivity index (χ4n) is 3.95. The lowest BCUT2D eigenvalue weighted by atomic mass is 10.00. The monoisotopic (exact) mass is 305 g/mol. The maximum atomic E-state index is 11.4. The van der Waals surface area contributed by atoms with E-state index in [1.165, 1.54) is 24.8 Å². The summed E-state index contributed by atoms with van der Waals surface area (Å²) in [6, 6.07) is 6.43. The van der Waals surface area contributed by atoms with Gasteiger partial charge in [0.15, 0.2) is 0 Å². The van der Waals surface area contributed by atoms with Crippen LogP contribution in [-0.2, 0) is 11.2 Å². The number of benzene rings is 1. The van der Waals surface area contributed by atoms with Crippen LogP contribution < -0.4 is 5.32 Å². The molecule has 94 valence electrons. The number of fused-ring (bicyclic) bond motifs is 2. The van der Waals surface area contributed by atoms with E-state index in [1.807, 2.05) is 0 Å². The van der Waals surface area contributed by atoms with E-state index in [2.05, 4.69) is 39.4 Å². The molecule has 0 radical (unpaired) electrons. The van der Waals surface area contributed by atoms with E-state index in [1.54, 1.807) is 0 Å². The van der Waals surface area contributed by atoms with Crippen molar-refractivity contribution in [2.45, 2.75) is 30.5 Å². The summed E-state index contributed by atoms with van der Waals surface area (Å²) in [5, 5.41) is 2.89. The number of nitrogens with one attached hydrogen (secondary N) is 1. The number of amides is 1. The summed E-state index contributed by atoms with van der Waals surface area (Å²) in [5.74, 6) is 2.88. The Morgan fingerprint density at radius 3 is 2.83 bits per heavy atom. The summed E-state index contributed by atoms with van der Waals surface area (Å²) in [7, 11) is 0. The van der Waals surface area contributed by atoms with Crippen molar-refractivity contribution in [1.29, 1.82) is 0 Å². The second kappa shape index (κ2) is 3.83. The molecule has 0 aromatic heterocycles. The number of alkyl halides is 1. The van der Waals surface area contributed by atoms with E-state index < -0.39 is 0 Å². The van der Waals surface area contributed by atoms with Crippen LogP contribution in [0.2, 0.25) is 0 Å². The van der Waals surface area contributed by atoms with Gasteiger partial charge in [-0.1, -0.05) is 34.5 Å². The van der Waals surface area contributed by atoms with Crippen LogP contribution in [0.1, 0.15) is 35.2 Å². The van der Waals surface area contributed by atoms with Crippen LogP contribution in [0.3, 0.4) is 0 Å². The third-order valence-electron chi connectivity index (χ3n) is 4.88. The zero-order chi connectivity index (χ0) is 12.3. The van der Waals surface area contributed by atoms with Crippen LogP contribution in [0.4, 0.5) is 5.69 Å². The molecule has 1 aromatic rings. The van der Waals surface area contributed by atoms with E-state index in [-0.39, 0.29) is 5.91 Å². The topological polar surface area (TPSA) is 29.1 Å². The molecule has 3 unspecified atom stereocenters. The van der Waals surface area contributed by atoms with Crippen LogP contribution >= 0.6 is 15.9 Å². The van der Waals surface area contributed by atoms with Gasteiger partial charge in [-0.3, -0.25) is 4.79 Å². The molecule has 1 aromatic carbocycles. The molecule has 0 bridgehead atoms. The number of hydrogen-bond donors (Lipinski definition) is 1. The largest absolute Gasteiger partial charge is 0.326 e. The van der Waals surface area contributed by atoms with Gasteiger partial charge in [0, 0.05) is 10.5 Å². The molecule has 3 aliphatic rings. The van der Waals surface area contributed by atoms with Crippen molar-refractivity contribution in [3.63, 3.8) is 0 Å². The Balaban J connectivity index is 1.58. The first-order valence-corrected chi connectivity index (χ1v) is 7.72. The minimum atomic E-state index is 0.122. The van der Waals surface area contributed by atoms with Crippen molar-refractivity contribution in [3.05, 3.63) is 29.3 Å². The number of rotatable bonds is 2. The molecule has 1 N–H and O–H groups in total. The van der Waals surface area contributed by atoms with Crippen molar-refractivity contribution in [2.75, 3.05) is 5.32 Å². The smallest absolute Gasteiger partial charge is 0.228 e. The van der Waals surface area contributed by atoms with Crippen LogP contribution in [0.5, 0.6) is 0 Å². The molecule has 3 atom stereocenters. The first-order chi connectivity index (χ1) is 8.74. The number of carbonyl (C=O) groups is 1. The van der Waals surface area contributed by atoms with Gasteiger partial charge in [0.05, 0.1) is 6.42 Å². The molecule has 1 heterocycles. The zero-order valence-electron chi connectivity index (χ0n) is 10.2. The van der Waals surface area contributed by atoms with Gasteiger partial charge in [-0.25, -0.2) is 0 Å². The van der Waals surface area contributed by atoms with Gasteiger partial charge in [-0.2, -0.15) is 0 Å². The second-order valence-corrected chi connectivity index (χ2v) is 6.87. The Morgan fingerprint density at radius 1 is 1.28 bits per heavy atom. The van der Waals surface area contributed by atoms with Gasteiger partial charge in [-0.15, -0.1) is 0 Å². The van der Waals surface area contributed by atoms with Gasteiger partial charge in [0.25, 0.3) is 0 Å². The molecule has 4 rings (SSSR count). The number of anilines is 1. The Kier molecular flexibility index (Phi) is 2.35. The van der Waals surface area contributed by atoms with Crippen LogP contribution in [0, 0.1) is 17.8 Å². The molecule has 2 nitrogen and oxygen atoms in total. The minimum absolute atomic E-state index is 0.122. The first kappa shape index (κ1) is 11.0. The van der Waals surface area contributed by atoms with Crippen LogP contribution in [0.15, 0.2) is 18.2 Å². The molecule has 0 spiro atoms.